The van der Waals surface area contributed by atoms with Gasteiger partial charge in [0.25, 0.3) is 0 Å². The van der Waals surface area contributed by atoms with Gasteiger partial charge in [0.1, 0.15) is 5.75 Å². The molecule has 2 aromatic carbocycles. The molecule has 0 atom stereocenters. The monoisotopic (exact) mass is 467 g/mol. The van der Waals surface area contributed by atoms with Crippen LogP contribution in [-0.4, -0.2) is 12.1 Å². The minimum Gasteiger partial charge on any atom is -0.406 e. The fourth-order valence-electron chi connectivity index (χ4n) is 3.22. The zero-order chi connectivity index (χ0) is 23.0. The molecule has 8 heteroatoms. The molecule has 1 heterocycles. The Balaban J connectivity index is 2.08. The van der Waals surface area contributed by atoms with E-state index in [1.165, 1.54) is 35.6 Å². The fraction of sp³-hybridized carbons (Fsp3) is 0.261. The van der Waals surface area contributed by atoms with Crippen molar-refractivity contribution in [3.05, 3.63) is 70.2 Å². The lowest BCUT2D eigenvalue weighted by Gasteiger charge is -2.20. The topological polar surface area (TPSA) is 52.3 Å². The minimum atomic E-state index is -4.76. The largest absolute Gasteiger partial charge is 0.573 e. The Kier molecular flexibility index (Phi) is 6.39. The van der Waals surface area contributed by atoms with E-state index in [2.05, 4.69) is 4.74 Å². The van der Waals surface area contributed by atoms with E-state index >= 15 is 0 Å². The number of thiophene rings is 1. The van der Waals surface area contributed by atoms with Crippen LogP contribution in [0.1, 0.15) is 42.3 Å². The Labute approximate surface area is 187 Å². The number of halogens is 4. The Morgan fingerprint density at radius 1 is 1.03 bits per heavy atom. The van der Waals surface area contributed by atoms with Crippen molar-refractivity contribution in [3.8, 4) is 16.2 Å². The van der Waals surface area contributed by atoms with E-state index in [4.69, 9.17) is 17.3 Å². The molecule has 3 nitrogen and oxygen atoms in total. The molecule has 1 aromatic heterocycles. The number of alkyl halides is 3. The zero-order valence-electron chi connectivity index (χ0n) is 17.1. The second kappa shape index (κ2) is 8.55. The maximum atomic E-state index is 13.3. The van der Waals surface area contributed by atoms with Crippen molar-refractivity contribution >= 4 is 33.7 Å². The third kappa shape index (κ3) is 5.80. The molecule has 0 aliphatic carbocycles. The lowest BCUT2D eigenvalue weighted by molar-refractivity contribution is -0.274. The second-order valence-corrected chi connectivity index (χ2v) is 9.78. The smallest absolute Gasteiger partial charge is 0.406 e. The number of carbonyl (C=O) groups excluding carboxylic acids is 1. The summed E-state index contributed by atoms with van der Waals surface area (Å²) >= 11 is 7.18. The van der Waals surface area contributed by atoms with E-state index in [0.717, 1.165) is 10.4 Å². The number of nitrogens with two attached hydrogens (primary N) is 1. The number of ether oxygens (including phenoxy) is 1. The molecule has 0 saturated carbocycles. The fourth-order valence-corrected chi connectivity index (χ4v) is 4.43. The number of anilines is 1. The van der Waals surface area contributed by atoms with E-state index in [-0.39, 0.29) is 16.9 Å². The van der Waals surface area contributed by atoms with E-state index in [1.807, 2.05) is 20.8 Å². The minimum absolute atomic E-state index is 0.156. The number of rotatable bonds is 5. The average Bonchev–Trinajstić information content (AvgIpc) is 2.95. The van der Waals surface area contributed by atoms with Crippen molar-refractivity contribution in [2.45, 2.75) is 33.6 Å². The van der Waals surface area contributed by atoms with Gasteiger partial charge in [-0.2, -0.15) is 0 Å². The van der Waals surface area contributed by atoms with Crippen molar-refractivity contribution in [2.75, 3.05) is 5.73 Å². The SMILES string of the molecule is CC(C)(C)Cc1c(-c2ccc(OC(F)(F)F)cc2)sc(N)c1C(=O)c1ccc(Cl)cc1. The highest BCUT2D eigenvalue weighted by molar-refractivity contribution is 7.20. The van der Waals surface area contributed by atoms with Gasteiger partial charge in [0.15, 0.2) is 5.78 Å². The number of hydrogen-bond acceptors (Lipinski definition) is 4. The average molecular weight is 468 g/mol. The summed E-state index contributed by atoms with van der Waals surface area (Å²) in [6.07, 6.45) is -4.20. The summed E-state index contributed by atoms with van der Waals surface area (Å²) in [4.78, 5) is 14.0. The van der Waals surface area contributed by atoms with Crippen LogP contribution in [0.5, 0.6) is 5.75 Å². The molecule has 0 radical (unpaired) electrons. The molecule has 31 heavy (non-hydrogen) atoms. The van der Waals surface area contributed by atoms with Crippen molar-refractivity contribution in [3.63, 3.8) is 0 Å². The van der Waals surface area contributed by atoms with Gasteiger partial charge < -0.3 is 10.5 Å². The summed E-state index contributed by atoms with van der Waals surface area (Å²) in [5.74, 6) is -0.524. The maximum Gasteiger partial charge on any atom is 0.573 e. The van der Waals surface area contributed by atoms with E-state index in [1.54, 1.807) is 24.3 Å². The summed E-state index contributed by atoms with van der Waals surface area (Å²) < 4.78 is 41.3. The summed E-state index contributed by atoms with van der Waals surface area (Å²) in [5.41, 5.74) is 8.45. The Morgan fingerprint density at radius 2 is 1.61 bits per heavy atom. The summed E-state index contributed by atoms with van der Waals surface area (Å²) in [7, 11) is 0. The number of ketones is 1. The molecule has 0 unspecified atom stereocenters. The zero-order valence-corrected chi connectivity index (χ0v) is 18.7. The van der Waals surface area contributed by atoms with Gasteiger partial charge in [0.05, 0.1) is 10.6 Å². The van der Waals surface area contributed by atoms with Crippen molar-refractivity contribution in [1.82, 2.24) is 0 Å². The summed E-state index contributed by atoms with van der Waals surface area (Å²) in [6.45, 7) is 6.13. The number of hydrogen-bond donors (Lipinski definition) is 1. The van der Waals surface area contributed by atoms with Gasteiger partial charge in [-0.1, -0.05) is 32.4 Å². The van der Waals surface area contributed by atoms with Crippen molar-refractivity contribution < 1.29 is 22.7 Å². The van der Waals surface area contributed by atoms with Gasteiger partial charge in [-0.05, 0) is 71.5 Å². The van der Waals surface area contributed by atoms with Gasteiger partial charge in [-0.3, -0.25) is 4.79 Å². The van der Waals surface area contributed by atoms with Gasteiger partial charge in [-0.25, -0.2) is 0 Å². The first-order valence-corrected chi connectivity index (χ1v) is 10.6. The lowest BCUT2D eigenvalue weighted by atomic mass is 9.84. The normalized spacial score (nSPS) is 12.1. The molecule has 3 rings (SSSR count). The van der Waals surface area contributed by atoms with Crippen LogP contribution in [0.2, 0.25) is 5.02 Å². The van der Waals surface area contributed by atoms with Crippen LogP contribution in [0.4, 0.5) is 18.2 Å². The summed E-state index contributed by atoms with van der Waals surface area (Å²) in [6, 6.07) is 12.1. The van der Waals surface area contributed by atoms with Gasteiger partial charge in [-0.15, -0.1) is 24.5 Å². The van der Waals surface area contributed by atoms with Gasteiger partial charge in [0.2, 0.25) is 0 Å². The Morgan fingerprint density at radius 3 is 2.13 bits per heavy atom. The first-order chi connectivity index (χ1) is 14.3. The first-order valence-electron chi connectivity index (χ1n) is 9.42. The number of carbonyl (C=O) groups is 1. The standard InChI is InChI=1S/C23H21ClF3NO2S/c1-22(2,3)12-17-18(19(29)13-4-8-15(24)9-5-13)21(28)31-20(17)14-6-10-16(11-7-14)30-23(25,26)27/h4-11H,12,28H2,1-3H3. The van der Waals surface area contributed by atoms with Crippen LogP contribution in [-0.2, 0) is 6.42 Å². The predicted octanol–water partition coefficient (Wildman–Crippen LogP) is 7.37. The quantitative estimate of drug-likeness (QED) is 0.398. The maximum absolute atomic E-state index is 13.3. The third-order valence-electron chi connectivity index (χ3n) is 4.42. The van der Waals surface area contributed by atoms with Crippen LogP contribution in [0, 0.1) is 5.41 Å². The molecule has 0 saturated heterocycles. The first kappa shape index (κ1) is 23.2. The molecule has 2 N–H and O–H groups in total. The predicted molar refractivity (Wildman–Crippen MR) is 119 cm³/mol. The van der Waals surface area contributed by atoms with Gasteiger partial charge in [0, 0.05) is 15.5 Å². The molecule has 0 spiro atoms. The highest BCUT2D eigenvalue weighted by atomic mass is 35.5. The number of benzene rings is 2. The Bertz CT molecular complexity index is 1080. The molecule has 3 aromatic rings. The molecule has 0 bridgehead atoms. The molecule has 0 amide bonds. The van der Waals surface area contributed by atoms with E-state index in [0.29, 0.717) is 33.1 Å². The highest BCUT2D eigenvalue weighted by Crippen LogP contribution is 2.43. The molecular weight excluding hydrogens is 447 g/mol. The van der Waals surface area contributed by atoms with Crippen molar-refractivity contribution in [2.24, 2.45) is 5.41 Å². The van der Waals surface area contributed by atoms with Crippen LogP contribution < -0.4 is 10.5 Å². The van der Waals surface area contributed by atoms with Gasteiger partial charge >= 0.3 is 6.36 Å². The van der Waals surface area contributed by atoms with Crippen LogP contribution in [0.3, 0.4) is 0 Å². The second-order valence-electron chi connectivity index (χ2n) is 8.29. The lowest BCUT2D eigenvalue weighted by Crippen LogP contribution is -2.17. The summed E-state index contributed by atoms with van der Waals surface area (Å²) in [5, 5.41) is 0.886. The third-order valence-corrected chi connectivity index (χ3v) is 5.79. The van der Waals surface area contributed by atoms with Crippen molar-refractivity contribution in [1.29, 1.82) is 0 Å². The molecule has 0 fully saturated rings. The van der Waals surface area contributed by atoms with Crippen LogP contribution >= 0.6 is 22.9 Å². The number of nitrogen functional groups attached to an aromatic ring is 1. The van der Waals surface area contributed by atoms with Crippen LogP contribution in [0.15, 0.2) is 48.5 Å². The van der Waals surface area contributed by atoms with E-state index in [9.17, 15) is 18.0 Å². The Hall–Kier alpha value is -2.51. The molecular formula is C23H21ClF3NO2S. The molecule has 0 aliphatic rings. The molecule has 0 aliphatic heterocycles. The highest BCUT2D eigenvalue weighted by Gasteiger charge is 2.31. The van der Waals surface area contributed by atoms with Crippen LogP contribution in [0.25, 0.3) is 10.4 Å². The van der Waals surface area contributed by atoms with E-state index < -0.39 is 6.36 Å². The molecule has 164 valence electrons.